The van der Waals surface area contributed by atoms with Crippen molar-refractivity contribution < 1.29 is 9.59 Å². The van der Waals surface area contributed by atoms with E-state index in [1.165, 1.54) is 103 Å². The molecule has 170 valence electrons. The Morgan fingerprint density at radius 2 is 1.23 bits per heavy atom. The van der Waals surface area contributed by atoms with Crippen LogP contribution in [0, 0.1) is 5.92 Å². The highest BCUT2D eigenvalue weighted by Crippen LogP contribution is 2.28. The monoisotopic (exact) mass is 416 g/mol. The molecule has 0 saturated carbocycles. The minimum atomic E-state index is -0.142. The van der Waals surface area contributed by atoms with E-state index in [-0.39, 0.29) is 11.8 Å². The molecule has 0 aromatic heterocycles. The van der Waals surface area contributed by atoms with Crippen molar-refractivity contribution in [2.45, 2.75) is 117 Å². The smallest absolute Gasteiger partial charge is 0.260 e. The number of carbonyl (C=O) groups excluding carboxylic acids is 2. The van der Waals surface area contributed by atoms with Gasteiger partial charge in [-0.05, 0) is 18.8 Å². The topological polar surface area (TPSA) is 49.4 Å². The maximum atomic E-state index is 12.6. The molecule has 2 heterocycles. The lowest BCUT2D eigenvalue weighted by Crippen LogP contribution is -2.28. The second kappa shape index (κ2) is 14.4. The number of rotatable bonds is 18. The Hall–Kier alpha value is -1.58. The first kappa shape index (κ1) is 24.7. The first-order chi connectivity index (χ1) is 14.7. The SMILES string of the molecule is CCCCCCCCCCC(CCCCCCCC)CN1C=C2C(=O)NC=C2C1=O. The van der Waals surface area contributed by atoms with Gasteiger partial charge in [0.25, 0.3) is 11.8 Å². The van der Waals surface area contributed by atoms with Crippen LogP contribution in [-0.4, -0.2) is 23.3 Å². The molecule has 0 bridgehead atoms. The van der Waals surface area contributed by atoms with Crippen molar-refractivity contribution in [3.63, 3.8) is 0 Å². The van der Waals surface area contributed by atoms with E-state index < -0.39 is 0 Å². The lowest BCUT2D eigenvalue weighted by atomic mass is 9.93. The number of carbonyl (C=O) groups is 2. The molecule has 0 aromatic rings. The van der Waals surface area contributed by atoms with Crippen molar-refractivity contribution in [2.75, 3.05) is 6.54 Å². The van der Waals surface area contributed by atoms with Crippen molar-refractivity contribution in [1.82, 2.24) is 10.2 Å². The maximum Gasteiger partial charge on any atom is 0.260 e. The van der Waals surface area contributed by atoms with Gasteiger partial charge in [0.05, 0.1) is 11.1 Å². The Kier molecular flexibility index (Phi) is 11.9. The predicted octanol–water partition coefficient (Wildman–Crippen LogP) is 6.62. The van der Waals surface area contributed by atoms with Gasteiger partial charge in [0.2, 0.25) is 0 Å². The van der Waals surface area contributed by atoms with Crippen LogP contribution in [0.4, 0.5) is 0 Å². The fourth-order valence-electron chi connectivity index (χ4n) is 4.61. The van der Waals surface area contributed by atoms with Crippen molar-refractivity contribution in [3.8, 4) is 0 Å². The first-order valence-corrected chi connectivity index (χ1v) is 12.7. The predicted molar refractivity (Wildman–Crippen MR) is 125 cm³/mol. The normalized spacial score (nSPS) is 16.5. The molecule has 2 rings (SSSR count). The highest BCUT2D eigenvalue weighted by Gasteiger charge is 2.35. The van der Waals surface area contributed by atoms with Gasteiger partial charge in [-0.25, -0.2) is 0 Å². The van der Waals surface area contributed by atoms with Gasteiger partial charge >= 0.3 is 0 Å². The zero-order chi connectivity index (χ0) is 21.6. The van der Waals surface area contributed by atoms with Gasteiger partial charge in [0.1, 0.15) is 0 Å². The van der Waals surface area contributed by atoms with Gasteiger partial charge in [-0.3, -0.25) is 9.59 Å². The lowest BCUT2D eigenvalue weighted by molar-refractivity contribution is -0.124. The van der Waals surface area contributed by atoms with E-state index in [4.69, 9.17) is 0 Å². The Labute approximate surface area is 184 Å². The van der Waals surface area contributed by atoms with Gasteiger partial charge < -0.3 is 10.2 Å². The molecule has 0 aromatic carbocycles. The van der Waals surface area contributed by atoms with E-state index in [1.54, 1.807) is 17.3 Å². The molecule has 0 radical (unpaired) electrons. The summed E-state index contributed by atoms with van der Waals surface area (Å²) in [4.78, 5) is 26.3. The second-order valence-electron chi connectivity index (χ2n) is 9.22. The van der Waals surface area contributed by atoms with Crippen LogP contribution in [0.3, 0.4) is 0 Å². The van der Waals surface area contributed by atoms with Gasteiger partial charge in [-0.1, -0.05) is 104 Å². The summed E-state index contributed by atoms with van der Waals surface area (Å²) in [5.74, 6) is 0.392. The van der Waals surface area contributed by atoms with Gasteiger partial charge in [-0.2, -0.15) is 0 Å². The number of nitrogens with one attached hydrogen (secondary N) is 1. The Bertz CT molecular complexity index is 594. The lowest BCUT2D eigenvalue weighted by Gasteiger charge is -2.23. The van der Waals surface area contributed by atoms with Crippen LogP contribution in [-0.2, 0) is 9.59 Å². The summed E-state index contributed by atoms with van der Waals surface area (Å²) in [6.45, 7) is 5.28. The summed E-state index contributed by atoms with van der Waals surface area (Å²) in [6, 6.07) is 0. The van der Waals surface area contributed by atoms with Gasteiger partial charge in [0, 0.05) is 18.9 Å². The van der Waals surface area contributed by atoms with Crippen LogP contribution < -0.4 is 5.32 Å². The molecule has 0 fully saturated rings. The van der Waals surface area contributed by atoms with Crippen LogP contribution in [0.5, 0.6) is 0 Å². The molecule has 1 atom stereocenters. The molecular weight excluding hydrogens is 372 g/mol. The molecule has 4 heteroatoms. The zero-order valence-corrected chi connectivity index (χ0v) is 19.5. The minimum absolute atomic E-state index is 0.00720. The first-order valence-electron chi connectivity index (χ1n) is 12.7. The third-order valence-electron chi connectivity index (χ3n) is 6.55. The summed E-state index contributed by atoms with van der Waals surface area (Å²) in [5.41, 5.74) is 1.09. The van der Waals surface area contributed by atoms with E-state index in [2.05, 4.69) is 19.2 Å². The van der Waals surface area contributed by atoms with E-state index in [1.807, 2.05) is 0 Å². The number of hydrogen-bond acceptors (Lipinski definition) is 2. The fraction of sp³-hybridized carbons (Fsp3) is 0.769. The Balaban J connectivity index is 1.74. The molecule has 0 saturated heterocycles. The van der Waals surface area contributed by atoms with Gasteiger partial charge in [-0.15, -0.1) is 0 Å². The molecule has 1 unspecified atom stereocenters. The summed E-state index contributed by atoms with van der Waals surface area (Å²) >= 11 is 0. The largest absolute Gasteiger partial charge is 0.328 e. The number of hydrogen-bond donors (Lipinski definition) is 1. The highest BCUT2D eigenvalue weighted by molar-refractivity contribution is 6.17. The number of nitrogens with zero attached hydrogens (tertiary/aromatic N) is 1. The number of unbranched alkanes of at least 4 members (excludes halogenated alkanes) is 12. The van der Waals surface area contributed by atoms with Crippen molar-refractivity contribution in [2.24, 2.45) is 5.92 Å². The molecule has 4 nitrogen and oxygen atoms in total. The van der Waals surface area contributed by atoms with Crippen LogP contribution in [0.2, 0.25) is 0 Å². The molecule has 30 heavy (non-hydrogen) atoms. The Morgan fingerprint density at radius 1 is 0.733 bits per heavy atom. The number of amides is 2. The van der Waals surface area contributed by atoms with E-state index >= 15 is 0 Å². The van der Waals surface area contributed by atoms with E-state index in [0.29, 0.717) is 17.1 Å². The Morgan fingerprint density at radius 3 is 1.73 bits per heavy atom. The molecule has 2 aliphatic heterocycles. The average Bonchev–Trinajstić information content (AvgIpc) is 3.26. The minimum Gasteiger partial charge on any atom is -0.328 e. The summed E-state index contributed by atoms with van der Waals surface area (Å²) in [6.07, 6.45) is 24.3. The second-order valence-corrected chi connectivity index (χ2v) is 9.22. The molecule has 1 N–H and O–H groups in total. The summed E-state index contributed by atoms with van der Waals surface area (Å²) in [5, 5.41) is 2.63. The number of fused-ring (bicyclic) bond motifs is 1. The maximum absolute atomic E-state index is 12.6. The third kappa shape index (κ3) is 8.28. The van der Waals surface area contributed by atoms with Crippen LogP contribution in [0.15, 0.2) is 23.5 Å². The van der Waals surface area contributed by atoms with Crippen molar-refractivity contribution in [1.29, 1.82) is 0 Å². The molecule has 0 aliphatic carbocycles. The van der Waals surface area contributed by atoms with Crippen LogP contribution >= 0.6 is 0 Å². The van der Waals surface area contributed by atoms with Crippen LogP contribution in [0.1, 0.15) is 117 Å². The van der Waals surface area contributed by atoms with E-state index in [9.17, 15) is 9.59 Å². The quantitative estimate of drug-likeness (QED) is 0.255. The summed E-state index contributed by atoms with van der Waals surface area (Å²) in [7, 11) is 0. The summed E-state index contributed by atoms with van der Waals surface area (Å²) < 4.78 is 0. The molecule has 2 aliphatic rings. The van der Waals surface area contributed by atoms with Gasteiger partial charge in [0.15, 0.2) is 0 Å². The highest BCUT2D eigenvalue weighted by atomic mass is 16.2. The molecular formula is C26H44N2O2. The molecule has 2 amide bonds. The standard InChI is InChI=1S/C26H44N2O2/c1-3-5-7-9-11-12-14-16-18-22(17-15-13-10-8-6-4-2)20-28-21-24-23(26(28)30)19-27-25(24)29/h19,21-22H,3-18,20H2,1-2H3,(H,27,29). The van der Waals surface area contributed by atoms with Crippen molar-refractivity contribution in [3.05, 3.63) is 23.5 Å². The van der Waals surface area contributed by atoms with E-state index in [0.717, 1.165) is 6.54 Å². The zero-order valence-electron chi connectivity index (χ0n) is 19.5. The average molecular weight is 417 g/mol. The fourth-order valence-corrected chi connectivity index (χ4v) is 4.61. The third-order valence-corrected chi connectivity index (χ3v) is 6.55. The molecule has 0 spiro atoms. The van der Waals surface area contributed by atoms with Crippen LogP contribution in [0.25, 0.3) is 0 Å². The van der Waals surface area contributed by atoms with Crippen molar-refractivity contribution >= 4 is 11.8 Å².